The lowest BCUT2D eigenvalue weighted by Gasteiger charge is -2.16. The van der Waals surface area contributed by atoms with Crippen LogP contribution in [0.2, 0.25) is 0 Å². The highest BCUT2D eigenvalue weighted by atomic mass is 16.5. The van der Waals surface area contributed by atoms with Gasteiger partial charge in [-0.3, -0.25) is 9.59 Å². The third-order valence-electron chi connectivity index (χ3n) is 4.02. The Kier molecular flexibility index (Phi) is 4.63. The number of esters is 1. The molecule has 3 rings (SSSR count). The van der Waals surface area contributed by atoms with E-state index < -0.39 is 11.4 Å². The summed E-state index contributed by atoms with van der Waals surface area (Å²) in [5.74, 6) is 2.72. The van der Waals surface area contributed by atoms with Crippen molar-refractivity contribution < 1.29 is 9.53 Å². The predicted octanol–water partition coefficient (Wildman–Crippen LogP) is 3.15. The molecule has 2 aromatic heterocycles. The zero-order chi connectivity index (χ0) is 19.8. The lowest BCUT2D eigenvalue weighted by molar-refractivity contribution is -0.142. The second-order valence-electron chi connectivity index (χ2n) is 7.46. The van der Waals surface area contributed by atoms with Crippen molar-refractivity contribution in [1.29, 1.82) is 0 Å². The summed E-state index contributed by atoms with van der Waals surface area (Å²) >= 11 is 0. The van der Waals surface area contributed by atoms with E-state index >= 15 is 0 Å². The molecule has 0 aliphatic carbocycles. The minimum atomic E-state index is -0.692. The van der Waals surface area contributed by atoms with Crippen LogP contribution in [0.5, 0.6) is 5.75 Å². The van der Waals surface area contributed by atoms with Crippen molar-refractivity contribution in [3.05, 3.63) is 57.8 Å². The van der Waals surface area contributed by atoms with Crippen molar-refractivity contribution in [2.75, 3.05) is 0 Å². The molecule has 3 aromatic rings. The normalized spacial score (nSPS) is 11.1. The predicted molar refractivity (Wildman–Crippen MR) is 104 cm³/mol. The molecular formula is C21H21N3O3. The third kappa shape index (κ3) is 3.77. The average Bonchev–Trinajstić information content (AvgIpc) is 2.91. The first kappa shape index (κ1) is 18.5. The van der Waals surface area contributed by atoms with Gasteiger partial charge in [-0.2, -0.15) is 0 Å². The molecule has 1 N–H and O–H groups in total. The van der Waals surface area contributed by atoms with E-state index in [-0.39, 0.29) is 16.7 Å². The standard InChI is InChI=1S/C21H21N3O3/c1-13-6-8-15(9-7-13)10-11-24-12-22-18-16(19(24)25)17(14(2)23-18)27-20(26)21(3,4)5/h6-9,12,23H,1-5H3. The Morgan fingerprint density at radius 3 is 2.48 bits per heavy atom. The molecule has 0 fully saturated rings. The summed E-state index contributed by atoms with van der Waals surface area (Å²) in [5.41, 5.74) is 1.77. The van der Waals surface area contributed by atoms with Gasteiger partial charge in [-0.1, -0.05) is 17.7 Å². The van der Waals surface area contributed by atoms with E-state index in [9.17, 15) is 9.59 Å². The first-order valence-electron chi connectivity index (χ1n) is 8.58. The van der Waals surface area contributed by atoms with E-state index in [4.69, 9.17) is 4.74 Å². The molecule has 0 atom stereocenters. The molecule has 0 bridgehead atoms. The van der Waals surface area contributed by atoms with Crippen LogP contribution in [-0.2, 0) is 4.79 Å². The largest absolute Gasteiger partial charge is 0.423 e. The SMILES string of the molecule is Cc1ccc(C#Cn2cnc3[nH]c(C)c(OC(=O)C(C)(C)C)c3c2=O)cc1. The van der Waals surface area contributed by atoms with Gasteiger partial charge in [0.1, 0.15) is 17.4 Å². The van der Waals surface area contributed by atoms with Gasteiger partial charge in [0.2, 0.25) is 0 Å². The number of nitrogens with one attached hydrogen (secondary N) is 1. The second-order valence-corrected chi connectivity index (χ2v) is 7.46. The highest BCUT2D eigenvalue weighted by Crippen LogP contribution is 2.28. The Morgan fingerprint density at radius 1 is 1.19 bits per heavy atom. The number of benzene rings is 1. The van der Waals surface area contributed by atoms with Gasteiger partial charge in [0.25, 0.3) is 5.56 Å². The van der Waals surface area contributed by atoms with Gasteiger partial charge in [0, 0.05) is 11.6 Å². The zero-order valence-corrected chi connectivity index (χ0v) is 16.0. The molecule has 0 saturated heterocycles. The molecule has 0 aliphatic rings. The number of ether oxygens (including phenoxy) is 1. The van der Waals surface area contributed by atoms with E-state index in [1.54, 1.807) is 27.7 Å². The first-order valence-corrected chi connectivity index (χ1v) is 8.58. The molecule has 138 valence electrons. The van der Waals surface area contributed by atoms with Crippen molar-refractivity contribution in [2.45, 2.75) is 34.6 Å². The van der Waals surface area contributed by atoms with Crippen LogP contribution >= 0.6 is 0 Å². The Labute approximate surface area is 157 Å². The summed E-state index contributed by atoms with van der Waals surface area (Å²) in [7, 11) is 0. The van der Waals surface area contributed by atoms with Gasteiger partial charge in [0.15, 0.2) is 5.75 Å². The average molecular weight is 363 g/mol. The summed E-state index contributed by atoms with van der Waals surface area (Å²) < 4.78 is 6.70. The van der Waals surface area contributed by atoms with Crippen LogP contribution in [0.4, 0.5) is 0 Å². The van der Waals surface area contributed by atoms with Crippen molar-refractivity contribution in [3.63, 3.8) is 0 Å². The van der Waals surface area contributed by atoms with Crippen LogP contribution in [0.1, 0.15) is 37.6 Å². The number of carbonyl (C=O) groups excluding carboxylic acids is 1. The van der Waals surface area contributed by atoms with Crippen molar-refractivity contribution in [1.82, 2.24) is 14.5 Å². The van der Waals surface area contributed by atoms with E-state index in [1.807, 2.05) is 31.2 Å². The van der Waals surface area contributed by atoms with Crippen LogP contribution < -0.4 is 10.3 Å². The third-order valence-corrected chi connectivity index (χ3v) is 4.02. The number of aromatic amines is 1. The highest BCUT2D eigenvalue weighted by molar-refractivity contribution is 5.88. The molecule has 0 unspecified atom stereocenters. The summed E-state index contributed by atoms with van der Waals surface area (Å²) in [6.07, 6.45) is 1.36. The van der Waals surface area contributed by atoms with Crippen molar-refractivity contribution in [2.24, 2.45) is 5.41 Å². The first-order chi connectivity index (χ1) is 12.7. The minimum absolute atomic E-state index is 0.203. The fourth-order valence-corrected chi connectivity index (χ4v) is 2.39. The number of nitrogens with zero attached hydrogens (tertiary/aromatic N) is 2. The lowest BCUT2D eigenvalue weighted by Crippen LogP contribution is -2.26. The van der Waals surface area contributed by atoms with Crippen LogP contribution in [0.15, 0.2) is 35.4 Å². The van der Waals surface area contributed by atoms with E-state index in [2.05, 4.69) is 21.9 Å². The molecular weight excluding hydrogens is 342 g/mol. The topological polar surface area (TPSA) is 77.0 Å². The minimum Gasteiger partial charge on any atom is -0.423 e. The lowest BCUT2D eigenvalue weighted by atomic mass is 9.97. The Hall–Kier alpha value is -3.33. The van der Waals surface area contributed by atoms with Gasteiger partial charge in [0.05, 0.1) is 11.1 Å². The van der Waals surface area contributed by atoms with Crippen LogP contribution in [-0.4, -0.2) is 20.5 Å². The number of aryl methyl sites for hydroxylation is 2. The molecule has 1 aromatic carbocycles. The highest BCUT2D eigenvalue weighted by Gasteiger charge is 2.27. The Balaban J connectivity index is 2.07. The number of carbonyl (C=O) groups is 1. The van der Waals surface area contributed by atoms with Crippen LogP contribution in [0.3, 0.4) is 0 Å². The number of fused-ring (bicyclic) bond motifs is 1. The molecule has 2 heterocycles. The Bertz CT molecular complexity index is 1130. The molecule has 0 saturated carbocycles. The van der Waals surface area contributed by atoms with Gasteiger partial charge in [-0.15, -0.1) is 0 Å². The monoisotopic (exact) mass is 363 g/mol. The van der Waals surface area contributed by atoms with Gasteiger partial charge in [-0.05, 0) is 52.7 Å². The molecule has 0 aliphatic heterocycles. The van der Waals surface area contributed by atoms with Crippen LogP contribution in [0.25, 0.3) is 11.0 Å². The molecule has 6 nitrogen and oxygen atoms in total. The molecule has 27 heavy (non-hydrogen) atoms. The summed E-state index contributed by atoms with van der Waals surface area (Å²) in [6.45, 7) is 8.98. The molecule has 0 radical (unpaired) electrons. The van der Waals surface area contributed by atoms with Crippen molar-refractivity contribution in [3.8, 4) is 17.7 Å². The zero-order valence-electron chi connectivity index (χ0n) is 16.0. The maximum Gasteiger partial charge on any atom is 0.316 e. The smallest absolute Gasteiger partial charge is 0.316 e. The number of hydrogen-bond donors (Lipinski definition) is 1. The number of H-pyrrole nitrogens is 1. The fourth-order valence-electron chi connectivity index (χ4n) is 2.39. The quantitative estimate of drug-likeness (QED) is 0.532. The number of hydrogen-bond acceptors (Lipinski definition) is 4. The Morgan fingerprint density at radius 2 is 1.85 bits per heavy atom. The van der Waals surface area contributed by atoms with Gasteiger partial charge >= 0.3 is 5.97 Å². The van der Waals surface area contributed by atoms with Gasteiger partial charge in [-0.25, -0.2) is 9.55 Å². The number of rotatable bonds is 1. The molecule has 6 heteroatoms. The van der Waals surface area contributed by atoms with E-state index in [0.717, 1.165) is 11.1 Å². The fraction of sp³-hybridized carbons (Fsp3) is 0.286. The maximum atomic E-state index is 12.9. The molecule has 0 amide bonds. The van der Waals surface area contributed by atoms with Gasteiger partial charge < -0.3 is 9.72 Å². The summed E-state index contributed by atoms with van der Waals surface area (Å²) in [6, 6.07) is 10.5. The van der Waals surface area contributed by atoms with Crippen LogP contribution in [0, 0.1) is 31.2 Å². The number of aromatic nitrogens is 3. The molecule has 0 spiro atoms. The summed E-state index contributed by atoms with van der Waals surface area (Å²) in [5, 5.41) is 0.214. The second kappa shape index (κ2) is 6.76. The van der Waals surface area contributed by atoms with E-state index in [1.165, 1.54) is 10.9 Å². The summed E-state index contributed by atoms with van der Waals surface area (Å²) in [4.78, 5) is 32.4. The van der Waals surface area contributed by atoms with Crippen molar-refractivity contribution >= 4 is 17.0 Å². The van der Waals surface area contributed by atoms with E-state index in [0.29, 0.717) is 11.3 Å². The maximum absolute atomic E-state index is 12.9.